The van der Waals surface area contributed by atoms with Crippen molar-refractivity contribution in [1.82, 2.24) is 5.32 Å². The molecular weight excluding hydrogens is 348 g/mol. The lowest BCUT2D eigenvalue weighted by Crippen LogP contribution is -2.31. The minimum Gasteiger partial charge on any atom is -0.459 e. The van der Waals surface area contributed by atoms with Crippen molar-refractivity contribution in [2.75, 3.05) is 5.32 Å². The monoisotopic (exact) mass is 368 g/mol. The summed E-state index contributed by atoms with van der Waals surface area (Å²) in [6.45, 7) is 4.16. The van der Waals surface area contributed by atoms with Crippen LogP contribution in [0.3, 0.4) is 0 Å². The van der Waals surface area contributed by atoms with Crippen molar-refractivity contribution in [2.24, 2.45) is 5.92 Å². The maximum absolute atomic E-state index is 12.6. The Hall–Kier alpha value is -2.86. The lowest BCUT2D eigenvalue weighted by molar-refractivity contribution is 0.0926. The van der Waals surface area contributed by atoms with Crippen molar-refractivity contribution in [3.8, 4) is 0 Å². The predicted octanol–water partition coefficient (Wildman–Crippen LogP) is 4.72. The fourth-order valence-corrected chi connectivity index (χ4v) is 3.51. The number of thiophene rings is 1. The highest BCUT2D eigenvalue weighted by Crippen LogP contribution is 2.26. The van der Waals surface area contributed by atoms with Crippen LogP contribution < -0.4 is 10.6 Å². The summed E-state index contributed by atoms with van der Waals surface area (Å²) in [5.74, 6) is 0.0535. The summed E-state index contributed by atoms with van der Waals surface area (Å²) in [5, 5.41) is 7.82. The van der Waals surface area contributed by atoms with E-state index < -0.39 is 0 Å². The van der Waals surface area contributed by atoms with E-state index in [0.717, 1.165) is 4.88 Å². The van der Waals surface area contributed by atoms with E-state index in [1.165, 1.54) is 6.26 Å². The van der Waals surface area contributed by atoms with Crippen molar-refractivity contribution in [2.45, 2.75) is 19.9 Å². The molecule has 0 aliphatic heterocycles. The van der Waals surface area contributed by atoms with Crippen LogP contribution in [0.5, 0.6) is 0 Å². The molecule has 3 rings (SSSR count). The number of hydrogen-bond donors (Lipinski definition) is 2. The first-order valence-corrected chi connectivity index (χ1v) is 9.21. The fraction of sp³-hybridized carbons (Fsp3) is 0.200. The van der Waals surface area contributed by atoms with Crippen molar-refractivity contribution >= 4 is 28.8 Å². The summed E-state index contributed by atoms with van der Waals surface area (Å²) < 4.78 is 5.06. The van der Waals surface area contributed by atoms with E-state index in [0.29, 0.717) is 11.3 Å². The zero-order valence-electron chi connectivity index (χ0n) is 14.6. The average Bonchev–Trinajstić information content (AvgIpc) is 3.33. The van der Waals surface area contributed by atoms with Gasteiger partial charge in [0, 0.05) is 16.1 Å². The minimum atomic E-state index is -0.329. The van der Waals surface area contributed by atoms with Crippen LogP contribution in [-0.2, 0) is 0 Å². The molecule has 0 bridgehead atoms. The summed E-state index contributed by atoms with van der Waals surface area (Å²) in [5.41, 5.74) is 1.14. The fourth-order valence-electron chi connectivity index (χ4n) is 2.56. The molecule has 6 heteroatoms. The second-order valence-corrected chi connectivity index (χ2v) is 7.20. The van der Waals surface area contributed by atoms with Crippen LogP contribution in [0.4, 0.5) is 5.69 Å². The molecule has 0 saturated heterocycles. The Bertz CT molecular complexity index is 853. The van der Waals surface area contributed by atoms with Gasteiger partial charge < -0.3 is 15.1 Å². The number of carbonyl (C=O) groups excluding carboxylic acids is 2. The van der Waals surface area contributed by atoms with Crippen molar-refractivity contribution in [1.29, 1.82) is 0 Å². The van der Waals surface area contributed by atoms with Gasteiger partial charge in [-0.2, -0.15) is 0 Å². The largest absolute Gasteiger partial charge is 0.459 e. The third-order valence-corrected chi connectivity index (χ3v) is 4.91. The summed E-state index contributed by atoms with van der Waals surface area (Å²) >= 11 is 1.63. The van der Waals surface area contributed by atoms with E-state index in [1.807, 2.05) is 17.5 Å². The molecule has 1 aromatic carbocycles. The molecule has 26 heavy (non-hydrogen) atoms. The molecule has 0 aliphatic carbocycles. The number of nitrogens with one attached hydrogen (secondary N) is 2. The van der Waals surface area contributed by atoms with E-state index in [2.05, 4.69) is 24.5 Å². The number of rotatable bonds is 6. The van der Waals surface area contributed by atoms with Gasteiger partial charge in [0.15, 0.2) is 5.76 Å². The van der Waals surface area contributed by atoms with Crippen molar-refractivity contribution in [3.63, 3.8) is 0 Å². The lowest BCUT2D eigenvalue weighted by Gasteiger charge is -2.21. The van der Waals surface area contributed by atoms with Crippen molar-refractivity contribution in [3.05, 3.63) is 76.4 Å². The number of hydrogen-bond acceptors (Lipinski definition) is 4. The highest BCUT2D eigenvalue weighted by molar-refractivity contribution is 7.10. The van der Waals surface area contributed by atoms with Crippen molar-refractivity contribution < 1.29 is 14.0 Å². The Kier molecular flexibility index (Phi) is 5.53. The maximum Gasteiger partial charge on any atom is 0.291 e. The molecular formula is C20H20N2O3S. The average molecular weight is 368 g/mol. The van der Waals surface area contributed by atoms with Gasteiger partial charge in [0.25, 0.3) is 11.8 Å². The Morgan fingerprint density at radius 3 is 2.35 bits per heavy atom. The van der Waals surface area contributed by atoms with Crippen LogP contribution in [0.15, 0.2) is 64.6 Å². The quantitative estimate of drug-likeness (QED) is 0.661. The van der Waals surface area contributed by atoms with Gasteiger partial charge in [0.1, 0.15) is 0 Å². The van der Waals surface area contributed by atoms with Gasteiger partial charge in [-0.1, -0.05) is 19.9 Å². The third-order valence-electron chi connectivity index (χ3n) is 3.95. The standard InChI is InChI=1S/C20H20N2O3S/c1-13(2)18(17-6-4-12-26-17)22-19(23)14-7-9-15(10-8-14)21-20(24)16-5-3-11-25-16/h3-13,18H,1-2H3,(H,21,24)(H,22,23). The van der Waals surface area contributed by atoms with Gasteiger partial charge in [-0.15, -0.1) is 11.3 Å². The molecule has 2 aromatic heterocycles. The molecule has 0 saturated carbocycles. The first-order valence-electron chi connectivity index (χ1n) is 8.34. The van der Waals surface area contributed by atoms with E-state index >= 15 is 0 Å². The Labute approximate surface area is 156 Å². The Morgan fingerprint density at radius 1 is 1.00 bits per heavy atom. The summed E-state index contributed by atoms with van der Waals surface area (Å²) in [6, 6.07) is 14.0. The second-order valence-electron chi connectivity index (χ2n) is 6.22. The summed E-state index contributed by atoms with van der Waals surface area (Å²) in [6.07, 6.45) is 1.45. The Balaban J connectivity index is 1.66. The molecule has 0 fully saturated rings. The highest BCUT2D eigenvalue weighted by atomic mass is 32.1. The highest BCUT2D eigenvalue weighted by Gasteiger charge is 2.20. The van der Waals surface area contributed by atoms with Crippen LogP contribution >= 0.6 is 11.3 Å². The Morgan fingerprint density at radius 2 is 1.77 bits per heavy atom. The lowest BCUT2D eigenvalue weighted by atomic mass is 10.0. The maximum atomic E-state index is 12.6. The summed E-state index contributed by atoms with van der Waals surface area (Å²) in [4.78, 5) is 25.7. The van der Waals surface area contributed by atoms with Crippen LogP contribution in [0.2, 0.25) is 0 Å². The molecule has 2 heterocycles. The second kappa shape index (κ2) is 8.01. The van der Waals surface area contributed by atoms with Crippen LogP contribution in [-0.4, -0.2) is 11.8 Å². The molecule has 2 amide bonds. The number of furan rings is 1. The van der Waals surface area contributed by atoms with E-state index in [9.17, 15) is 9.59 Å². The first kappa shape index (κ1) is 17.9. The molecule has 0 aliphatic rings. The minimum absolute atomic E-state index is 0.0270. The third kappa shape index (κ3) is 4.21. The van der Waals surface area contributed by atoms with Gasteiger partial charge >= 0.3 is 0 Å². The molecule has 1 atom stereocenters. The van der Waals surface area contributed by atoms with Gasteiger partial charge in [-0.3, -0.25) is 9.59 Å². The van der Waals surface area contributed by atoms with Gasteiger partial charge in [-0.25, -0.2) is 0 Å². The molecule has 2 N–H and O–H groups in total. The van der Waals surface area contributed by atoms with Crippen LogP contribution in [0, 0.1) is 5.92 Å². The number of amides is 2. The number of anilines is 1. The molecule has 3 aromatic rings. The molecule has 5 nitrogen and oxygen atoms in total. The SMILES string of the molecule is CC(C)C(NC(=O)c1ccc(NC(=O)c2ccco2)cc1)c1cccs1. The van der Waals surface area contributed by atoms with E-state index in [1.54, 1.807) is 47.7 Å². The van der Waals surface area contributed by atoms with E-state index in [4.69, 9.17) is 4.42 Å². The topological polar surface area (TPSA) is 71.3 Å². The number of carbonyl (C=O) groups is 2. The zero-order chi connectivity index (χ0) is 18.5. The molecule has 134 valence electrons. The molecule has 0 spiro atoms. The normalized spacial score (nSPS) is 12.0. The smallest absolute Gasteiger partial charge is 0.291 e. The first-order chi connectivity index (χ1) is 12.5. The van der Waals surface area contributed by atoms with Crippen LogP contribution in [0.1, 0.15) is 45.7 Å². The molecule has 1 unspecified atom stereocenters. The van der Waals surface area contributed by atoms with Gasteiger partial charge in [-0.05, 0) is 53.8 Å². The van der Waals surface area contributed by atoms with Crippen LogP contribution in [0.25, 0.3) is 0 Å². The van der Waals surface area contributed by atoms with E-state index in [-0.39, 0.29) is 29.5 Å². The predicted molar refractivity (Wildman–Crippen MR) is 102 cm³/mol. The zero-order valence-corrected chi connectivity index (χ0v) is 15.4. The summed E-state index contributed by atoms with van der Waals surface area (Å²) in [7, 11) is 0. The molecule has 0 radical (unpaired) electrons. The van der Waals surface area contributed by atoms with Gasteiger partial charge in [0.2, 0.25) is 0 Å². The van der Waals surface area contributed by atoms with Gasteiger partial charge in [0.05, 0.1) is 12.3 Å². The number of benzene rings is 1.